The number of nitrogen functional groups attached to an aromatic ring is 1. The molecule has 0 aliphatic carbocycles. The predicted molar refractivity (Wildman–Crippen MR) is 60.2 cm³/mol. The van der Waals surface area contributed by atoms with E-state index in [9.17, 15) is 9.59 Å². The summed E-state index contributed by atoms with van der Waals surface area (Å²) < 4.78 is 5.17. The Kier molecular flexibility index (Phi) is 2.16. The fourth-order valence-electron chi connectivity index (χ4n) is 1.56. The predicted octanol–water partition coefficient (Wildman–Crippen LogP) is 0.783. The summed E-state index contributed by atoms with van der Waals surface area (Å²) in [6.45, 7) is 1.83. The first-order valence-corrected chi connectivity index (χ1v) is 4.63. The van der Waals surface area contributed by atoms with Gasteiger partial charge in [-0.15, -0.1) is 0 Å². The number of hydrogen-bond donors (Lipinski definition) is 2. The molecule has 2 aromatic rings. The molecule has 0 aliphatic heterocycles. The smallest absolute Gasteiger partial charge is 0.258 e. The van der Waals surface area contributed by atoms with Gasteiger partial charge in [0, 0.05) is 0 Å². The average Bonchev–Trinajstić information content (AvgIpc) is 2.19. The molecular formula is C11H10N2O3. The zero-order valence-electron chi connectivity index (χ0n) is 8.61. The average molecular weight is 218 g/mol. The van der Waals surface area contributed by atoms with Crippen LogP contribution in [0.2, 0.25) is 0 Å². The van der Waals surface area contributed by atoms with Gasteiger partial charge in [-0.05, 0) is 19.1 Å². The van der Waals surface area contributed by atoms with Crippen LogP contribution >= 0.6 is 0 Å². The van der Waals surface area contributed by atoms with E-state index < -0.39 is 11.3 Å². The second kappa shape index (κ2) is 3.37. The minimum absolute atomic E-state index is 0.242. The molecule has 2 rings (SSSR count). The zero-order chi connectivity index (χ0) is 11.9. The maximum Gasteiger partial charge on any atom is 0.258 e. The second-order valence-electron chi connectivity index (χ2n) is 3.53. The summed E-state index contributed by atoms with van der Waals surface area (Å²) >= 11 is 0. The third-order valence-electron chi connectivity index (χ3n) is 2.32. The molecule has 1 heterocycles. The summed E-state index contributed by atoms with van der Waals surface area (Å²) in [7, 11) is 0. The Balaban J connectivity index is 2.96. The number of benzene rings is 1. The van der Waals surface area contributed by atoms with Crippen LogP contribution in [0.25, 0.3) is 11.0 Å². The molecule has 1 amide bonds. The van der Waals surface area contributed by atoms with E-state index in [0.29, 0.717) is 11.0 Å². The third kappa shape index (κ3) is 1.42. The molecule has 5 heteroatoms. The van der Waals surface area contributed by atoms with E-state index >= 15 is 0 Å². The highest BCUT2D eigenvalue weighted by Gasteiger charge is 2.16. The van der Waals surface area contributed by atoms with Crippen molar-refractivity contribution in [1.29, 1.82) is 0 Å². The van der Waals surface area contributed by atoms with Gasteiger partial charge in [0.15, 0.2) is 0 Å². The van der Waals surface area contributed by atoms with Crippen LogP contribution in [0.1, 0.15) is 15.9 Å². The number of fused-ring (bicyclic) bond motifs is 1. The number of aryl methyl sites for hydroxylation is 1. The number of hydrogen-bond acceptors (Lipinski definition) is 4. The zero-order valence-corrected chi connectivity index (χ0v) is 8.61. The van der Waals surface area contributed by atoms with Crippen molar-refractivity contribution in [3.05, 3.63) is 39.5 Å². The van der Waals surface area contributed by atoms with Crippen molar-refractivity contribution in [2.24, 2.45) is 5.73 Å². The van der Waals surface area contributed by atoms with Crippen LogP contribution in [-0.2, 0) is 0 Å². The van der Waals surface area contributed by atoms with Gasteiger partial charge < -0.3 is 15.9 Å². The first kappa shape index (κ1) is 10.2. The number of rotatable bonds is 1. The van der Waals surface area contributed by atoms with Gasteiger partial charge in [0.2, 0.25) is 11.3 Å². The summed E-state index contributed by atoms with van der Waals surface area (Å²) in [5.41, 5.74) is 11.0. The molecule has 0 bridgehead atoms. The second-order valence-corrected chi connectivity index (χ2v) is 3.53. The SMILES string of the molecule is Cc1ccc2oc(N)c(C(N)=O)c(=O)c2c1. The lowest BCUT2D eigenvalue weighted by Gasteiger charge is -2.03. The Morgan fingerprint density at radius 3 is 2.69 bits per heavy atom. The largest absolute Gasteiger partial charge is 0.440 e. The summed E-state index contributed by atoms with van der Waals surface area (Å²) in [6, 6.07) is 5.05. The van der Waals surface area contributed by atoms with Crippen LogP contribution in [0.3, 0.4) is 0 Å². The van der Waals surface area contributed by atoms with Gasteiger partial charge in [-0.3, -0.25) is 9.59 Å². The van der Waals surface area contributed by atoms with E-state index in [1.54, 1.807) is 18.2 Å². The Hall–Kier alpha value is -2.30. The fraction of sp³-hybridized carbons (Fsp3) is 0.0909. The third-order valence-corrected chi connectivity index (χ3v) is 2.32. The Bertz CT molecular complexity index is 643. The molecule has 82 valence electrons. The van der Waals surface area contributed by atoms with Crippen molar-refractivity contribution >= 4 is 22.8 Å². The Labute approximate surface area is 90.7 Å². The molecule has 4 N–H and O–H groups in total. The van der Waals surface area contributed by atoms with E-state index in [-0.39, 0.29) is 11.4 Å². The summed E-state index contributed by atoms with van der Waals surface area (Å²) in [4.78, 5) is 23.0. The molecule has 0 fully saturated rings. The van der Waals surface area contributed by atoms with Crippen molar-refractivity contribution < 1.29 is 9.21 Å². The Morgan fingerprint density at radius 1 is 1.38 bits per heavy atom. The van der Waals surface area contributed by atoms with E-state index in [4.69, 9.17) is 15.9 Å². The van der Waals surface area contributed by atoms with Crippen LogP contribution in [0.5, 0.6) is 0 Å². The summed E-state index contributed by atoms with van der Waals surface area (Å²) in [5, 5.41) is 0.308. The highest BCUT2D eigenvalue weighted by atomic mass is 16.3. The van der Waals surface area contributed by atoms with E-state index in [0.717, 1.165) is 5.56 Å². The van der Waals surface area contributed by atoms with Gasteiger partial charge in [0.25, 0.3) is 5.91 Å². The molecule has 0 saturated carbocycles. The van der Waals surface area contributed by atoms with Gasteiger partial charge in [-0.25, -0.2) is 0 Å². The minimum atomic E-state index is -0.880. The molecule has 1 aromatic carbocycles. The molecule has 0 atom stereocenters. The lowest BCUT2D eigenvalue weighted by Crippen LogP contribution is -2.23. The summed E-state index contributed by atoms with van der Waals surface area (Å²) in [6.07, 6.45) is 0. The molecule has 0 spiro atoms. The first-order chi connectivity index (χ1) is 7.50. The molecular weight excluding hydrogens is 208 g/mol. The summed E-state index contributed by atoms with van der Waals surface area (Å²) in [5.74, 6) is -1.12. The van der Waals surface area contributed by atoms with E-state index in [1.165, 1.54) is 0 Å². The minimum Gasteiger partial charge on any atom is -0.440 e. The maximum absolute atomic E-state index is 11.9. The molecule has 1 aromatic heterocycles. The Morgan fingerprint density at radius 2 is 2.06 bits per heavy atom. The first-order valence-electron chi connectivity index (χ1n) is 4.63. The molecule has 5 nitrogen and oxygen atoms in total. The van der Waals surface area contributed by atoms with Crippen molar-refractivity contribution in [2.45, 2.75) is 6.92 Å². The lowest BCUT2D eigenvalue weighted by atomic mass is 10.1. The number of nitrogens with two attached hydrogens (primary N) is 2. The van der Waals surface area contributed by atoms with Gasteiger partial charge in [-0.1, -0.05) is 11.6 Å². The topological polar surface area (TPSA) is 99.3 Å². The van der Waals surface area contributed by atoms with Gasteiger partial charge in [0.05, 0.1) is 5.39 Å². The molecule has 16 heavy (non-hydrogen) atoms. The standard InChI is InChI=1S/C11H10N2O3/c1-5-2-3-7-6(4-5)9(14)8(10(12)15)11(13)16-7/h2-4H,13H2,1H3,(H2,12,15). The van der Waals surface area contributed by atoms with E-state index in [2.05, 4.69) is 0 Å². The van der Waals surface area contributed by atoms with Gasteiger partial charge >= 0.3 is 0 Å². The molecule has 0 radical (unpaired) electrons. The van der Waals surface area contributed by atoms with Crippen LogP contribution in [0.4, 0.5) is 5.88 Å². The van der Waals surface area contributed by atoms with Gasteiger partial charge in [-0.2, -0.15) is 0 Å². The number of carbonyl (C=O) groups is 1. The number of carbonyl (C=O) groups excluding carboxylic acids is 1. The van der Waals surface area contributed by atoms with Crippen molar-refractivity contribution in [3.63, 3.8) is 0 Å². The quantitative estimate of drug-likeness (QED) is 0.738. The number of primary amides is 1. The monoisotopic (exact) mass is 218 g/mol. The fourth-order valence-corrected chi connectivity index (χ4v) is 1.56. The molecule has 0 aliphatic rings. The van der Waals surface area contributed by atoms with Crippen LogP contribution in [0.15, 0.2) is 27.4 Å². The van der Waals surface area contributed by atoms with Crippen molar-refractivity contribution in [2.75, 3.05) is 5.73 Å². The van der Waals surface area contributed by atoms with Crippen LogP contribution in [0, 0.1) is 6.92 Å². The van der Waals surface area contributed by atoms with Crippen LogP contribution < -0.4 is 16.9 Å². The number of anilines is 1. The van der Waals surface area contributed by atoms with Crippen molar-refractivity contribution in [1.82, 2.24) is 0 Å². The number of amides is 1. The lowest BCUT2D eigenvalue weighted by molar-refractivity contribution is 0.0999. The molecule has 0 unspecified atom stereocenters. The highest BCUT2D eigenvalue weighted by Crippen LogP contribution is 2.18. The van der Waals surface area contributed by atoms with Crippen molar-refractivity contribution in [3.8, 4) is 0 Å². The van der Waals surface area contributed by atoms with E-state index in [1.807, 2.05) is 6.92 Å². The maximum atomic E-state index is 11.9. The van der Waals surface area contributed by atoms with Gasteiger partial charge in [0.1, 0.15) is 11.1 Å². The van der Waals surface area contributed by atoms with Crippen LogP contribution in [-0.4, -0.2) is 5.91 Å². The molecule has 0 saturated heterocycles. The normalized spacial score (nSPS) is 10.6. The highest BCUT2D eigenvalue weighted by molar-refractivity contribution is 5.99.